The monoisotopic (exact) mass is 256 g/mol. The predicted octanol–water partition coefficient (Wildman–Crippen LogP) is 1.58. The van der Waals surface area contributed by atoms with Gasteiger partial charge in [-0.2, -0.15) is 0 Å². The molecule has 0 radical (unpaired) electrons. The van der Waals surface area contributed by atoms with Crippen molar-refractivity contribution in [3.8, 4) is 0 Å². The molecule has 0 aliphatic heterocycles. The number of aromatic nitrogens is 3. The molecule has 2 N–H and O–H groups in total. The van der Waals surface area contributed by atoms with Crippen LogP contribution in [0, 0.1) is 0 Å². The first-order valence-corrected chi connectivity index (χ1v) is 4.45. The number of rotatable bonds is 1. The Morgan fingerprint density at radius 3 is 3.14 bits per heavy atom. The lowest BCUT2D eigenvalue weighted by molar-refractivity contribution is 0.210. The van der Waals surface area contributed by atoms with E-state index in [0.29, 0.717) is 11.3 Å². The highest BCUT2D eigenvalue weighted by atomic mass is 79.9. The Kier molecular flexibility index (Phi) is 2.08. The Hall–Kier alpha value is -1.63. The lowest BCUT2D eigenvalue weighted by atomic mass is 10.4. The van der Waals surface area contributed by atoms with Gasteiger partial charge in [-0.25, -0.2) is 4.79 Å². The zero-order chi connectivity index (χ0) is 10.1. The van der Waals surface area contributed by atoms with Crippen LogP contribution in [0.4, 0.5) is 10.5 Å². The van der Waals surface area contributed by atoms with Crippen LogP contribution in [0.25, 0.3) is 5.65 Å². The second-order valence-corrected chi connectivity index (χ2v) is 3.48. The van der Waals surface area contributed by atoms with Crippen molar-refractivity contribution < 1.29 is 9.90 Å². The molecule has 2 aromatic rings. The number of nitrogens with one attached hydrogen (secondary N) is 1. The minimum absolute atomic E-state index is 0.393. The highest BCUT2D eigenvalue weighted by Gasteiger charge is 2.07. The number of pyridine rings is 1. The third kappa shape index (κ3) is 1.53. The number of hydrogen-bond acceptors (Lipinski definition) is 3. The number of amides is 1. The fraction of sp³-hybridized carbons (Fsp3) is 0. The van der Waals surface area contributed by atoms with E-state index in [-0.39, 0.29) is 0 Å². The normalized spacial score (nSPS) is 10.4. The molecular weight excluding hydrogens is 252 g/mol. The summed E-state index contributed by atoms with van der Waals surface area (Å²) >= 11 is 3.25. The summed E-state index contributed by atoms with van der Waals surface area (Å²) < 4.78 is 2.36. The van der Waals surface area contributed by atoms with Crippen LogP contribution in [0.1, 0.15) is 0 Å². The molecule has 0 fully saturated rings. The molecule has 0 saturated heterocycles. The van der Waals surface area contributed by atoms with E-state index < -0.39 is 6.09 Å². The van der Waals surface area contributed by atoms with Crippen molar-refractivity contribution >= 4 is 33.4 Å². The van der Waals surface area contributed by atoms with Crippen LogP contribution < -0.4 is 5.32 Å². The topological polar surface area (TPSA) is 79.5 Å². The third-order valence-corrected chi connectivity index (χ3v) is 2.03. The highest BCUT2D eigenvalue weighted by molar-refractivity contribution is 9.10. The number of carboxylic acid groups (broad SMARTS) is 1. The smallest absolute Gasteiger partial charge is 0.409 e. The van der Waals surface area contributed by atoms with Gasteiger partial charge in [0.1, 0.15) is 6.33 Å². The summed E-state index contributed by atoms with van der Waals surface area (Å²) in [7, 11) is 0. The van der Waals surface area contributed by atoms with Crippen molar-refractivity contribution in [2.24, 2.45) is 0 Å². The number of halogens is 1. The van der Waals surface area contributed by atoms with Gasteiger partial charge in [0, 0.05) is 10.7 Å². The quantitative estimate of drug-likeness (QED) is 0.812. The van der Waals surface area contributed by atoms with E-state index in [0.717, 1.165) is 4.47 Å². The lowest BCUT2D eigenvalue weighted by Gasteiger charge is -2.02. The minimum atomic E-state index is -1.13. The van der Waals surface area contributed by atoms with Crippen LogP contribution in [0.3, 0.4) is 0 Å². The molecule has 0 unspecified atom stereocenters. The first-order chi connectivity index (χ1) is 6.66. The molecule has 7 heteroatoms. The van der Waals surface area contributed by atoms with Gasteiger partial charge >= 0.3 is 6.09 Å². The van der Waals surface area contributed by atoms with Crippen LogP contribution in [0.5, 0.6) is 0 Å². The molecule has 0 aromatic carbocycles. The minimum Gasteiger partial charge on any atom is -0.465 e. The van der Waals surface area contributed by atoms with Crippen molar-refractivity contribution in [1.82, 2.24) is 14.6 Å². The first-order valence-electron chi connectivity index (χ1n) is 3.65. The zero-order valence-electron chi connectivity index (χ0n) is 6.81. The molecule has 2 heterocycles. The Labute approximate surface area is 86.7 Å². The van der Waals surface area contributed by atoms with E-state index in [1.807, 2.05) is 0 Å². The molecule has 0 atom stereocenters. The molecule has 2 aromatic heterocycles. The molecule has 0 bridgehead atoms. The molecule has 0 spiro atoms. The fourth-order valence-electron chi connectivity index (χ4n) is 1.11. The summed E-state index contributed by atoms with van der Waals surface area (Å²) in [6, 6.07) is 1.62. The van der Waals surface area contributed by atoms with E-state index in [9.17, 15) is 4.79 Å². The van der Waals surface area contributed by atoms with Gasteiger partial charge in [0.15, 0.2) is 5.65 Å². The highest BCUT2D eigenvalue weighted by Crippen LogP contribution is 2.20. The van der Waals surface area contributed by atoms with Crippen molar-refractivity contribution in [3.05, 3.63) is 23.1 Å². The first kappa shape index (κ1) is 8.95. The van der Waals surface area contributed by atoms with Crippen molar-refractivity contribution in [1.29, 1.82) is 0 Å². The molecule has 0 aliphatic carbocycles. The van der Waals surface area contributed by atoms with Gasteiger partial charge < -0.3 is 5.11 Å². The van der Waals surface area contributed by atoms with Crippen molar-refractivity contribution in [2.75, 3.05) is 5.32 Å². The number of nitrogens with zero attached hydrogens (tertiary/aromatic N) is 3. The van der Waals surface area contributed by atoms with Gasteiger partial charge in [-0.3, -0.25) is 9.72 Å². The second kappa shape index (κ2) is 3.26. The van der Waals surface area contributed by atoms with Crippen molar-refractivity contribution in [3.63, 3.8) is 0 Å². The van der Waals surface area contributed by atoms with Gasteiger partial charge in [0.25, 0.3) is 0 Å². The van der Waals surface area contributed by atoms with E-state index in [1.165, 1.54) is 6.33 Å². The fourth-order valence-corrected chi connectivity index (χ4v) is 1.56. The maximum absolute atomic E-state index is 10.5. The van der Waals surface area contributed by atoms with E-state index >= 15 is 0 Å². The summed E-state index contributed by atoms with van der Waals surface area (Å²) in [5.74, 6) is 0. The average molecular weight is 257 g/mol. The Morgan fingerprint density at radius 2 is 2.43 bits per heavy atom. The summed E-state index contributed by atoms with van der Waals surface area (Å²) in [5.41, 5.74) is 0.861. The molecule has 1 amide bonds. The van der Waals surface area contributed by atoms with Gasteiger partial charge in [-0.15, -0.1) is 10.2 Å². The van der Waals surface area contributed by atoms with E-state index in [1.54, 1.807) is 16.7 Å². The number of hydrogen-bond donors (Lipinski definition) is 2. The van der Waals surface area contributed by atoms with E-state index in [2.05, 4.69) is 31.4 Å². The van der Waals surface area contributed by atoms with Crippen LogP contribution >= 0.6 is 15.9 Å². The molecule has 14 heavy (non-hydrogen) atoms. The Morgan fingerprint density at radius 1 is 1.64 bits per heavy atom. The van der Waals surface area contributed by atoms with Gasteiger partial charge in [0.05, 0.1) is 5.69 Å². The zero-order valence-corrected chi connectivity index (χ0v) is 8.39. The van der Waals surface area contributed by atoms with Gasteiger partial charge in [-0.05, 0) is 22.0 Å². The summed E-state index contributed by atoms with van der Waals surface area (Å²) in [5, 5.41) is 18.3. The standard InChI is InChI=1S/C7H5BrN4O2/c8-4-1-5(10-7(13)14)6-11-9-3-12(6)2-4/h1-3,10H,(H,13,14). The maximum atomic E-state index is 10.5. The Balaban J connectivity index is 2.60. The molecule has 2 rings (SSSR count). The van der Waals surface area contributed by atoms with E-state index in [4.69, 9.17) is 5.11 Å². The van der Waals surface area contributed by atoms with Crippen LogP contribution in [-0.4, -0.2) is 25.8 Å². The number of fused-ring (bicyclic) bond motifs is 1. The van der Waals surface area contributed by atoms with Gasteiger partial charge in [-0.1, -0.05) is 0 Å². The molecule has 72 valence electrons. The van der Waals surface area contributed by atoms with Gasteiger partial charge in [0.2, 0.25) is 0 Å². The molecule has 6 nitrogen and oxygen atoms in total. The van der Waals surface area contributed by atoms with Crippen molar-refractivity contribution in [2.45, 2.75) is 0 Å². The number of carbonyl (C=O) groups is 1. The van der Waals surface area contributed by atoms with Crippen LogP contribution in [0.15, 0.2) is 23.1 Å². The molecule has 0 saturated carbocycles. The average Bonchev–Trinajstić information content (AvgIpc) is 2.50. The third-order valence-electron chi connectivity index (χ3n) is 1.60. The molecular formula is C7H5BrN4O2. The largest absolute Gasteiger partial charge is 0.465 e. The molecule has 0 aliphatic rings. The predicted molar refractivity (Wildman–Crippen MR) is 52.3 cm³/mol. The second-order valence-electron chi connectivity index (χ2n) is 2.56. The summed E-state index contributed by atoms with van der Waals surface area (Å²) in [6.45, 7) is 0. The van der Waals surface area contributed by atoms with Crippen LogP contribution in [0.2, 0.25) is 0 Å². The lowest BCUT2D eigenvalue weighted by Crippen LogP contribution is -2.08. The Bertz CT molecular complexity index is 495. The maximum Gasteiger partial charge on any atom is 0.409 e. The summed E-state index contributed by atoms with van der Waals surface area (Å²) in [6.07, 6.45) is 2.10. The number of anilines is 1. The summed E-state index contributed by atoms with van der Waals surface area (Å²) in [4.78, 5) is 10.5. The van der Waals surface area contributed by atoms with Crippen LogP contribution in [-0.2, 0) is 0 Å². The SMILES string of the molecule is O=C(O)Nc1cc(Br)cn2cnnc12.